The summed E-state index contributed by atoms with van der Waals surface area (Å²) >= 11 is 0. The third-order valence-electron chi connectivity index (χ3n) is 3.44. The van der Waals surface area contributed by atoms with Crippen molar-refractivity contribution in [1.29, 1.82) is 0 Å². The van der Waals surface area contributed by atoms with Gasteiger partial charge in [0.2, 0.25) is 0 Å². The molecule has 3 heteroatoms. The predicted octanol–water partition coefficient (Wildman–Crippen LogP) is 1.17. The van der Waals surface area contributed by atoms with E-state index in [4.69, 9.17) is 11.5 Å². The number of nitrogens with two attached hydrogens (primary N) is 2. The van der Waals surface area contributed by atoms with Crippen molar-refractivity contribution in [2.24, 2.45) is 11.5 Å². The van der Waals surface area contributed by atoms with Crippen molar-refractivity contribution in [2.45, 2.75) is 45.6 Å². The summed E-state index contributed by atoms with van der Waals surface area (Å²) in [4.78, 5) is 2.47. The van der Waals surface area contributed by atoms with Crippen LogP contribution in [0, 0.1) is 0 Å². The summed E-state index contributed by atoms with van der Waals surface area (Å²) in [7, 11) is 0. The summed E-state index contributed by atoms with van der Waals surface area (Å²) in [6.07, 6.45) is 3.54. The van der Waals surface area contributed by atoms with E-state index in [0.29, 0.717) is 5.54 Å². The molecule has 4 N–H and O–H groups in total. The fraction of sp³-hybridized carbons (Fsp3) is 1.00. The van der Waals surface area contributed by atoms with Crippen LogP contribution in [0.15, 0.2) is 0 Å². The minimum atomic E-state index is 0.318. The SMILES string of the molecule is CCC(CC)(CC)N(CCN)CCN. The smallest absolute Gasteiger partial charge is 0.0202 e. The molecule has 0 aliphatic heterocycles. The second-order valence-corrected chi connectivity index (χ2v) is 3.85. The van der Waals surface area contributed by atoms with E-state index in [2.05, 4.69) is 25.7 Å². The summed E-state index contributed by atoms with van der Waals surface area (Å²) in [5.41, 5.74) is 11.6. The van der Waals surface area contributed by atoms with Gasteiger partial charge in [-0.05, 0) is 19.3 Å². The molecular formula is C11H27N3. The van der Waals surface area contributed by atoms with Gasteiger partial charge in [0.05, 0.1) is 0 Å². The van der Waals surface area contributed by atoms with Crippen molar-refractivity contribution >= 4 is 0 Å². The van der Waals surface area contributed by atoms with Gasteiger partial charge in [0.25, 0.3) is 0 Å². The number of rotatable bonds is 8. The lowest BCUT2D eigenvalue weighted by atomic mass is 9.87. The fourth-order valence-electron chi connectivity index (χ4n) is 2.32. The molecule has 0 aliphatic rings. The summed E-state index contributed by atoms with van der Waals surface area (Å²) in [6.45, 7) is 10.1. The van der Waals surface area contributed by atoms with Crippen LogP contribution in [-0.2, 0) is 0 Å². The first-order valence-corrected chi connectivity index (χ1v) is 5.85. The lowest BCUT2D eigenvalue weighted by Crippen LogP contribution is -2.51. The highest BCUT2D eigenvalue weighted by Gasteiger charge is 2.30. The Labute approximate surface area is 88.8 Å². The molecule has 14 heavy (non-hydrogen) atoms. The lowest BCUT2D eigenvalue weighted by Gasteiger charge is -2.42. The summed E-state index contributed by atoms with van der Waals surface area (Å²) in [5.74, 6) is 0. The quantitative estimate of drug-likeness (QED) is 0.620. The Hall–Kier alpha value is -0.120. The first-order chi connectivity index (χ1) is 6.70. The maximum Gasteiger partial charge on any atom is 0.0202 e. The Balaban J connectivity index is 4.52. The van der Waals surface area contributed by atoms with E-state index in [9.17, 15) is 0 Å². The third-order valence-corrected chi connectivity index (χ3v) is 3.44. The summed E-state index contributed by atoms with van der Waals surface area (Å²) in [5, 5.41) is 0. The highest BCUT2D eigenvalue weighted by Crippen LogP contribution is 2.26. The summed E-state index contributed by atoms with van der Waals surface area (Å²) in [6, 6.07) is 0. The van der Waals surface area contributed by atoms with Crippen LogP contribution in [0.1, 0.15) is 40.0 Å². The molecule has 3 nitrogen and oxygen atoms in total. The minimum absolute atomic E-state index is 0.318. The van der Waals surface area contributed by atoms with Gasteiger partial charge in [-0.15, -0.1) is 0 Å². The van der Waals surface area contributed by atoms with Crippen molar-refractivity contribution in [3.8, 4) is 0 Å². The third kappa shape index (κ3) is 3.23. The van der Waals surface area contributed by atoms with Gasteiger partial charge in [0.1, 0.15) is 0 Å². The van der Waals surface area contributed by atoms with Crippen LogP contribution >= 0.6 is 0 Å². The monoisotopic (exact) mass is 201 g/mol. The highest BCUT2D eigenvalue weighted by molar-refractivity contribution is 4.87. The standard InChI is InChI=1S/C11H27N3/c1-4-11(5-2,6-3)14(9-7-12)10-8-13/h4-10,12-13H2,1-3H3. The van der Waals surface area contributed by atoms with Crippen LogP contribution in [0.2, 0.25) is 0 Å². The minimum Gasteiger partial charge on any atom is -0.329 e. The van der Waals surface area contributed by atoms with Crippen molar-refractivity contribution in [1.82, 2.24) is 4.90 Å². The van der Waals surface area contributed by atoms with Gasteiger partial charge >= 0.3 is 0 Å². The van der Waals surface area contributed by atoms with Gasteiger partial charge in [-0.25, -0.2) is 0 Å². The van der Waals surface area contributed by atoms with Crippen molar-refractivity contribution < 1.29 is 0 Å². The molecule has 0 spiro atoms. The number of nitrogens with zero attached hydrogens (tertiary/aromatic N) is 1. The van der Waals surface area contributed by atoms with E-state index >= 15 is 0 Å². The Morgan fingerprint density at radius 2 is 1.21 bits per heavy atom. The van der Waals surface area contributed by atoms with Crippen molar-refractivity contribution in [3.05, 3.63) is 0 Å². The first kappa shape index (κ1) is 13.9. The van der Waals surface area contributed by atoms with Crippen molar-refractivity contribution in [2.75, 3.05) is 26.2 Å². The second-order valence-electron chi connectivity index (χ2n) is 3.85. The van der Waals surface area contributed by atoms with Gasteiger partial charge in [-0.2, -0.15) is 0 Å². The van der Waals surface area contributed by atoms with Gasteiger partial charge in [0, 0.05) is 31.7 Å². The lowest BCUT2D eigenvalue weighted by molar-refractivity contribution is 0.0798. The Kier molecular flexibility index (Phi) is 7.15. The van der Waals surface area contributed by atoms with E-state index in [0.717, 1.165) is 26.2 Å². The first-order valence-electron chi connectivity index (χ1n) is 5.85. The molecule has 0 saturated carbocycles. The van der Waals surface area contributed by atoms with Gasteiger partial charge in [-0.1, -0.05) is 20.8 Å². The zero-order chi connectivity index (χ0) is 11.0. The molecule has 0 aromatic rings. The summed E-state index contributed by atoms with van der Waals surface area (Å²) < 4.78 is 0. The van der Waals surface area contributed by atoms with E-state index in [1.807, 2.05) is 0 Å². The largest absolute Gasteiger partial charge is 0.329 e. The second kappa shape index (κ2) is 7.21. The number of hydrogen-bond donors (Lipinski definition) is 2. The van der Waals surface area contributed by atoms with Crippen LogP contribution in [0.4, 0.5) is 0 Å². The van der Waals surface area contributed by atoms with Crippen LogP contribution in [0.25, 0.3) is 0 Å². The molecule has 0 fully saturated rings. The molecule has 0 aromatic heterocycles. The average molecular weight is 201 g/mol. The maximum atomic E-state index is 5.64. The Bertz CT molecular complexity index is 118. The fourth-order valence-corrected chi connectivity index (χ4v) is 2.32. The van der Waals surface area contributed by atoms with E-state index in [-0.39, 0.29) is 0 Å². The molecule has 0 saturated heterocycles. The Morgan fingerprint density at radius 3 is 1.43 bits per heavy atom. The molecule has 0 radical (unpaired) electrons. The van der Waals surface area contributed by atoms with Crippen LogP contribution in [0.3, 0.4) is 0 Å². The Morgan fingerprint density at radius 1 is 0.857 bits per heavy atom. The normalized spacial score (nSPS) is 12.4. The van der Waals surface area contributed by atoms with Crippen LogP contribution in [0.5, 0.6) is 0 Å². The molecule has 86 valence electrons. The predicted molar refractivity (Wildman–Crippen MR) is 63.3 cm³/mol. The van der Waals surface area contributed by atoms with E-state index in [1.165, 1.54) is 19.3 Å². The van der Waals surface area contributed by atoms with E-state index < -0.39 is 0 Å². The highest BCUT2D eigenvalue weighted by atomic mass is 15.2. The molecular weight excluding hydrogens is 174 g/mol. The van der Waals surface area contributed by atoms with Gasteiger partial charge in [0.15, 0.2) is 0 Å². The molecule has 0 aromatic carbocycles. The molecule has 0 aliphatic carbocycles. The molecule has 0 rings (SSSR count). The maximum absolute atomic E-state index is 5.64. The average Bonchev–Trinajstić information content (AvgIpc) is 2.22. The van der Waals surface area contributed by atoms with Crippen LogP contribution < -0.4 is 11.5 Å². The molecule has 0 unspecified atom stereocenters. The molecule has 0 heterocycles. The molecule has 0 amide bonds. The van der Waals surface area contributed by atoms with Gasteiger partial charge in [-0.3, -0.25) is 4.90 Å². The topological polar surface area (TPSA) is 55.3 Å². The van der Waals surface area contributed by atoms with Gasteiger partial charge < -0.3 is 11.5 Å². The van der Waals surface area contributed by atoms with Crippen LogP contribution in [-0.4, -0.2) is 36.6 Å². The molecule has 0 bridgehead atoms. The number of hydrogen-bond acceptors (Lipinski definition) is 3. The zero-order valence-electron chi connectivity index (χ0n) is 10.1. The molecule has 0 atom stereocenters. The van der Waals surface area contributed by atoms with Crippen molar-refractivity contribution in [3.63, 3.8) is 0 Å². The zero-order valence-corrected chi connectivity index (χ0v) is 10.1. The van der Waals surface area contributed by atoms with E-state index in [1.54, 1.807) is 0 Å².